The number of rotatable bonds is 3. The van der Waals surface area contributed by atoms with Crippen molar-refractivity contribution in [1.29, 1.82) is 0 Å². The molecule has 10 heavy (non-hydrogen) atoms. The lowest BCUT2D eigenvalue weighted by Gasteiger charge is -1.84. The zero-order valence-corrected chi connectivity index (χ0v) is 6.54. The molecule has 0 aromatic rings. The van der Waals surface area contributed by atoms with Gasteiger partial charge in [-0.25, -0.2) is 0 Å². The van der Waals surface area contributed by atoms with E-state index in [0.717, 1.165) is 5.70 Å². The van der Waals surface area contributed by atoms with Gasteiger partial charge in [0.15, 0.2) is 0 Å². The molecule has 0 aliphatic carbocycles. The van der Waals surface area contributed by atoms with Crippen LogP contribution in [-0.2, 0) is 0 Å². The Morgan fingerprint density at radius 1 is 1.50 bits per heavy atom. The summed E-state index contributed by atoms with van der Waals surface area (Å²) in [6, 6.07) is 0. The maximum atomic E-state index is 4.05. The topological polar surface area (TPSA) is 12.4 Å². The van der Waals surface area contributed by atoms with Crippen molar-refractivity contribution in [2.75, 3.05) is 0 Å². The fraction of sp³-hybridized carbons (Fsp3) is 0.222. The highest BCUT2D eigenvalue weighted by Gasteiger charge is 1.74. The summed E-state index contributed by atoms with van der Waals surface area (Å²) in [5, 5.41) is 0. The summed E-state index contributed by atoms with van der Waals surface area (Å²) >= 11 is 0. The van der Waals surface area contributed by atoms with E-state index in [0.29, 0.717) is 0 Å². The Kier molecular flexibility index (Phi) is 5.35. The van der Waals surface area contributed by atoms with Crippen molar-refractivity contribution in [3.63, 3.8) is 0 Å². The number of hydrogen-bond acceptors (Lipinski definition) is 1. The van der Waals surface area contributed by atoms with Gasteiger partial charge in [0.1, 0.15) is 0 Å². The van der Waals surface area contributed by atoms with Gasteiger partial charge in [-0.2, -0.15) is 0 Å². The molecule has 0 unspecified atom stereocenters. The lowest BCUT2D eigenvalue weighted by molar-refractivity contribution is 1.32. The van der Waals surface area contributed by atoms with Gasteiger partial charge >= 0.3 is 0 Å². The van der Waals surface area contributed by atoms with Crippen LogP contribution >= 0.6 is 0 Å². The van der Waals surface area contributed by atoms with E-state index < -0.39 is 0 Å². The molecule has 0 N–H and O–H groups in total. The normalized spacial score (nSPS) is 13.2. The highest BCUT2D eigenvalue weighted by molar-refractivity contribution is 5.71. The highest BCUT2D eigenvalue weighted by Crippen LogP contribution is 1.92. The van der Waals surface area contributed by atoms with Crippen molar-refractivity contribution >= 4 is 6.21 Å². The minimum absolute atomic E-state index is 0.984. The molecule has 0 aromatic heterocycles. The van der Waals surface area contributed by atoms with E-state index in [2.05, 4.69) is 11.6 Å². The first-order chi connectivity index (χ1) is 4.81. The van der Waals surface area contributed by atoms with Gasteiger partial charge in [-0.3, -0.25) is 4.99 Å². The second-order valence-corrected chi connectivity index (χ2v) is 1.85. The van der Waals surface area contributed by atoms with Crippen LogP contribution in [-0.4, -0.2) is 6.21 Å². The van der Waals surface area contributed by atoms with Gasteiger partial charge in [-0.05, 0) is 19.9 Å². The molecular weight excluding hydrogens is 122 g/mol. The first-order valence-corrected chi connectivity index (χ1v) is 3.26. The molecule has 0 fully saturated rings. The van der Waals surface area contributed by atoms with Crippen molar-refractivity contribution in [3.8, 4) is 0 Å². The molecule has 0 atom stereocenters. The summed E-state index contributed by atoms with van der Waals surface area (Å²) in [4.78, 5) is 4.05. The quantitative estimate of drug-likeness (QED) is 0.417. The van der Waals surface area contributed by atoms with Crippen LogP contribution in [0, 0.1) is 0 Å². The van der Waals surface area contributed by atoms with Gasteiger partial charge in [-0.15, -0.1) is 0 Å². The summed E-state index contributed by atoms with van der Waals surface area (Å²) in [5.41, 5.74) is 0.984. The van der Waals surface area contributed by atoms with Crippen molar-refractivity contribution in [2.45, 2.75) is 13.8 Å². The van der Waals surface area contributed by atoms with Gasteiger partial charge in [0, 0.05) is 11.9 Å². The first kappa shape index (κ1) is 8.89. The predicted octanol–water partition coefficient (Wildman–Crippen LogP) is 2.72. The van der Waals surface area contributed by atoms with E-state index in [1.54, 1.807) is 12.3 Å². The Labute approximate surface area is 62.5 Å². The molecule has 0 saturated heterocycles. The highest BCUT2D eigenvalue weighted by atomic mass is 14.7. The van der Waals surface area contributed by atoms with Crippen LogP contribution in [0.5, 0.6) is 0 Å². The number of hydrogen-bond donors (Lipinski definition) is 0. The van der Waals surface area contributed by atoms with E-state index >= 15 is 0 Å². The van der Waals surface area contributed by atoms with E-state index in [4.69, 9.17) is 0 Å². The van der Waals surface area contributed by atoms with E-state index in [9.17, 15) is 0 Å². The van der Waals surface area contributed by atoms with Gasteiger partial charge in [0.05, 0.1) is 0 Å². The van der Waals surface area contributed by atoms with Gasteiger partial charge in [0.25, 0.3) is 0 Å². The van der Waals surface area contributed by atoms with E-state index in [1.165, 1.54) is 0 Å². The molecule has 0 bridgehead atoms. The SMILES string of the molecule is C=CC=N/C(C)=C\C=C\C. The number of aliphatic imine (C=N–C) groups is 1. The molecule has 1 heteroatoms. The number of allylic oxidation sites excluding steroid dienone is 5. The fourth-order valence-electron chi connectivity index (χ4n) is 0.449. The summed E-state index contributed by atoms with van der Waals surface area (Å²) in [6.45, 7) is 7.44. The molecule has 0 saturated carbocycles. The van der Waals surface area contributed by atoms with Crippen LogP contribution in [0.15, 0.2) is 41.6 Å². The molecule has 0 aliphatic heterocycles. The molecule has 0 aliphatic rings. The van der Waals surface area contributed by atoms with E-state index in [1.807, 2.05) is 32.1 Å². The van der Waals surface area contributed by atoms with Crippen LogP contribution in [0.1, 0.15) is 13.8 Å². The molecule has 0 rings (SSSR count). The van der Waals surface area contributed by atoms with Crippen LogP contribution < -0.4 is 0 Å². The van der Waals surface area contributed by atoms with Crippen molar-refractivity contribution in [3.05, 3.63) is 36.6 Å². The maximum Gasteiger partial charge on any atom is 0.0372 e. The van der Waals surface area contributed by atoms with Crippen molar-refractivity contribution < 1.29 is 0 Å². The minimum atomic E-state index is 0.984. The Bertz CT molecular complexity index is 173. The third-order valence-electron chi connectivity index (χ3n) is 0.913. The maximum absolute atomic E-state index is 4.05. The van der Waals surface area contributed by atoms with Crippen molar-refractivity contribution in [1.82, 2.24) is 0 Å². The third kappa shape index (κ3) is 5.04. The smallest absolute Gasteiger partial charge is 0.0372 e. The van der Waals surface area contributed by atoms with Crippen LogP contribution in [0.3, 0.4) is 0 Å². The second kappa shape index (κ2) is 6.02. The Morgan fingerprint density at radius 3 is 2.70 bits per heavy atom. The standard InChI is InChI=1S/C9H13N/c1-4-6-7-9(3)10-8-5-2/h4-8H,2H2,1,3H3/b6-4+,9-7-,10-8?. The second-order valence-electron chi connectivity index (χ2n) is 1.85. The predicted molar refractivity (Wildman–Crippen MR) is 47.3 cm³/mol. The summed E-state index contributed by atoms with van der Waals surface area (Å²) in [6.07, 6.45) is 9.20. The van der Waals surface area contributed by atoms with Gasteiger partial charge in [0.2, 0.25) is 0 Å². The lowest BCUT2D eigenvalue weighted by Crippen LogP contribution is -1.67. The minimum Gasteiger partial charge on any atom is -0.262 e. The average Bonchev–Trinajstić information content (AvgIpc) is 1.97. The summed E-state index contributed by atoms with van der Waals surface area (Å²) in [5.74, 6) is 0. The molecule has 54 valence electrons. The Hall–Kier alpha value is -1.11. The fourth-order valence-corrected chi connectivity index (χ4v) is 0.449. The molecule has 0 radical (unpaired) electrons. The molecular formula is C9H13N. The molecule has 0 spiro atoms. The van der Waals surface area contributed by atoms with E-state index in [-0.39, 0.29) is 0 Å². The zero-order valence-electron chi connectivity index (χ0n) is 6.54. The lowest BCUT2D eigenvalue weighted by atomic mass is 10.4. The van der Waals surface area contributed by atoms with Crippen LogP contribution in [0.2, 0.25) is 0 Å². The number of nitrogens with zero attached hydrogens (tertiary/aromatic N) is 1. The van der Waals surface area contributed by atoms with Crippen LogP contribution in [0.4, 0.5) is 0 Å². The summed E-state index contributed by atoms with van der Waals surface area (Å²) < 4.78 is 0. The summed E-state index contributed by atoms with van der Waals surface area (Å²) in [7, 11) is 0. The third-order valence-corrected chi connectivity index (χ3v) is 0.913. The Morgan fingerprint density at radius 2 is 2.20 bits per heavy atom. The molecule has 0 amide bonds. The average molecular weight is 135 g/mol. The molecule has 0 aromatic carbocycles. The molecule has 0 heterocycles. The monoisotopic (exact) mass is 135 g/mol. The van der Waals surface area contributed by atoms with Gasteiger partial charge in [-0.1, -0.05) is 24.8 Å². The largest absolute Gasteiger partial charge is 0.262 e. The van der Waals surface area contributed by atoms with Crippen molar-refractivity contribution in [2.24, 2.45) is 4.99 Å². The first-order valence-electron chi connectivity index (χ1n) is 3.26. The zero-order chi connectivity index (χ0) is 7.82. The molecule has 1 nitrogen and oxygen atoms in total. The Balaban J connectivity index is 3.93. The van der Waals surface area contributed by atoms with Gasteiger partial charge < -0.3 is 0 Å². The van der Waals surface area contributed by atoms with Crippen LogP contribution in [0.25, 0.3) is 0 Å².